The third kappa shape index (κ3) is 4.87. The van der Waals surface area contributed by atoms with Crippen molar-refractivity contribution in [3.63, 3.8) is 0 Å². The summed E-state index contributed by atoms with van der Waals surface area (Å²) in [4.78, 5) is 0. The Hall–Kier alpha value is -3.98. The smallest absolute Gasteiger partial charge is 0.420 e. The maximum atomic E-state index is 15.1. The molecule has 16 heteroatoms. The van der Waals surface area contributed by atoms with Gasteiger partial charge in [0.25, 0.3) is 0 Å². The average Bonchev–Trinajstić information content (AvgIpc) is 2.73. The second-order valence-electron chi connectivity index (χ2n) is 6.85. The molecule has 3 aromatic rings. The van der Waals surface area contributed by atoms with E-state index < -0.39 is 92.8 Å². The molecule has 0 aliphatic carbocycles. The predicted octanol–water partition coefficient (Wildman–Crippen LogP) is 7.31. The van der Waals surface area contributed by atoms with Crippen molar-refractivity contribution in [2.45, 2.75) is 12.4 Å². The van der Waals surface area contributed by atoms with E-state index in [0.717, 1.165) is 0 Å². The van der Waals surface area contributed by atoms with Gasteiger partial charge >= 0.3 is 12.4 Å². The Bertz CT molecular complexity index is 1310. The van der Waals surface area contributed by atoms with Crippen LogP contribution in [0.1, 0.15) is 11.1 Å². The Labute approximate surface area is 191 Å². The minimum atomic E-state index is -6.17. The van der Waals surface area contributed by atoms with Crippen molar-refractivity contribution in [3.8, 4) is 23.0 Å². The van der Waals surface area contributed by atoms with Gasteiger partial charge in [-0.05, 0) is 0 Å². The molecule has 3 rings (SSSR count). The van der Waals surface area contributed by atoms with E-state index in [1.807, 2.05) is 0 Å². The molecular weight excluding hydrogens is 528 g/mol. The topological polar surface area (TPSA) is 70.5 Å². The third-order valence-corrected chi connectivity index (χ3v) is 4.36. The molecule has 0 spiro atoms. The summed E-state index contributed by atoms with van der Waals surface area (Å²) < 4.78 is 174. The minimum Gasteiger partial charge on any atom is -0.453 e. The lowest BCUT2D eigenvalue weighted by atomic mass is 10.0. The first-order chi connectivity index (χ1) is 16.4. The molecule has 3 aromatic carbocycles. The van der Waals surface area contributed by atoms with Crippen LogP contribution in [-0.4, -0.2) is 0 Å². The van der Waals surface area contributed by atoms with Gasteiger partial charge < -0.3 is 20.9 Å². The van der Waals surface area contributed by atoms with Crippen molar-refractivity contribution in [1.29, 1.82) is 0 Å². The van der Waals surface area contributed by atoms with Crippen molar-refractivity contribution >= 4 is 11.4 Å². The van der Waals surface area contributed by atoms with E-state index in [2.05, 4.69) is 9.47 Å². The second-order valence-corrected chi connectivity index (χ2v) is 6.85. The van der Waals surface area contributed by atoms with E-state index in [1.165, 1.54) is 0 Å². The summed E-state index contributed by atoms with van der Waals surface area (Å²) in [7, 11) is 0. The van der Waals surface area contributed by atoms with Gasteiger partial charge in [-0.3, -0.25) is 0 Å². The fourth-order valence-electron chi connectivity index (χ4n) is 2.89. The van der Waals surface area contributed by atoms with Gasteiger partial charge in [0.2, 0.25) is 11.6 Å². The number of nitrogens with two attached hydrogens (primary N) is 2. The molecule has 0 atom stereocenters. The zero-order valence-corrected chi connectivity index (χ0v) is 16.8. The molecule has 0 radical (unpaired) electrons. The summed E-state index contributed by atoms with van der Waals surface area (Å²) in [6.45, 7) is 0. The highest BCUT2D eigenvalue weighted by Gasteiger charge is 2.51. The molecule has 0 aromatic heterocycles. The molecule has 4 nitrogen and oxygen atoms in total. The summed E-state index contributed by atoms with van der Waals surface area (Å²) >= 11 is 0. The van der Waals surface area contributed by atoms with Crippen LogP contribution in [-0.2, 0) is 12.4 Å². The van der Waals surface area contributed by atoms with Crippen LogP contribution in [0.15, 0.2) is 24.3 Å². The molecule has 36 heavy (non-hydrogen) atoms. The van der Waals surface area contributed by atoms with Crippen LogP contribution < -0.4 is 20.9 Å². The first-order valence-electron chi connectivity index (χ1n) is 8.97. The second kappa shape index (κ2) is 8.91. The molecule has 0 heterocycles. The Kier molecular flexibility index (Phi) is 6.59. The van der Waals surface area contributed by atoms with Crippen LogP contribution in [0, 0.1) is 34.9 Å². The van der Waals surface area contributed by atoms with Crippen molar-refractivity contribution in [3.05, 3.63) is 70.3 Å². The summed E-state index contributed by atoms with van der Waals surface area (Å²) in [5, 5.41) is 0. The van der Waals surface area contributed by atoms with E-state index in [-0.39, 0.29) is 12.1 Å². The Morgan fingerprint density at radius 1 is 0.500 bits per heavy atom. The van der Waals surface area contributed by atoms with Crippen LogP contribution in [0.5, 0.6) is 23.0 Å². The fraction of sp³-hybridized carbons (Fsp3) is 0.100. The normalized spacial score (nSPS) is 12.1. The van der Waals surface area contributed by atoms with Gasteiger partial charge in [0, 0.05) is 24.3 Å². The Morgan fingerprint density at radius 3 is 1.25 bits per heavy atom. The lowest BCUT2D eigenvalue weighted by Gasteiger charge is -2.23. The molecule has 0 bridgehead atoms. The number of halogens is 12. The SMILES string of the molecule is Nc1cc(Oc2c(F)c(Oc3cc(N)c(F)c(F)c3)c(C(F)(F)F)c(C(F)(F)F)c2F)cc(F)c1F. The summed E-state index contributed by atoms with van der Waals surface area (Å²) in [5.41, 5.74) is 1.87. The van der Waals surface area contributed by atoms with Crippen molar-refractivity contribution in [2.75, 3.05) is 11.5 Å². The van der Waals surface area contributed by atoms with Crippen LogP contribution >= 0.6 is 0 Å². The number of hydrogen-bond donors (Lipinski definition) is 2. The molecule has 0 saturated heterocycles. The first-order valence-corrected chi connectivity index (χ1v) is 8.97. The van der Waals surface area contributed by atoms with Crippen molar-refractivity contribution in [1.82, 2.24) is 0 Å². The van der Waals surface area contributed by atoms with Crippen LogP contribution in [0.2, 0.25) is 0 Å². The predicted molar refractivity (Wildman–Crippen MR) is 98.1 cm³/mol. The number of hydrogen-bond acceptors (Lipinski definition) is 4. The maximum Gasteiger partial charge on any atom is 0.420 e. The quantitative estimate of drug-likeness (QED) is 0.271. The highest BCUT2D eigenvalue weighted by Crippen LogP contribution is 2.52. The van der Waals surface area contributed by atoms with E-state index in [0.29, 0.717) is 12.1 Å². The molecule has 0 aliphatic heterocycles. The molecule has 194 valence electrons. The zero-order chi connectivity index (χ0) is 27.3. The van der Waals surface area contributed by atoms with Gasteiger partial charge in [-0.1, -0.05) is 0 Å². The molecule has 0 aliphatic rings. The van der Waals surface area contributed by atoms with E-state index in [4.69, 9.17) is 11.5 Å². The first kappa shape index (κ1) is 26.6. The Balaban J connectivity index is 2.36. The molecule has 0 saturated carbocycles. The van der Waals surface area contributed by atoms with Gasteiger partial charge in [-0.25, -0.2) is 22.0 Å². The number of alkyl halides is 6. The van der Waals surface area contributed by atoms with E-state index in [9.17, 15) is 48.3 Å². The highest BCUT2D eigenvalue weighted by molar-refractivity contribution is 5.56. The minimum absolute atomic E-state index is 0.0124. The third-order valence-electron chi connectivity index (χ3n) is 4.36. The van der Waals surface area contributed by atoms with E-state index in [1.54, 1.807) is 0 Å². The van der Waals surface area contributed by atoms with Gasteiger partial charge in [0.1, 0.15) is 22.6 Å². The largest absolute Gasteiger partial charge is 0.453 e. The number of anilines is 2. The van der Waals surface area contributed by atoms with Crippen molar-refractivity contribution in [2.24, 2.45) is 0 Å². The molecule has 0 unspecified atom stereocenters. The van der Waals surface area contributed by atoms with Gasteiger partial charge in [0.15, 0.2) is 34.8 Å². The lowest BCUT2D eigenvalue weighted by Crippen LogP contribution is -2.21. The standard InChI is InChI=1S/C20H8F12N2O2/c21-7-1-5(3-9(33)13(7)23)35-17-12(20(30,31)32)11(19(27,28)29)15(25)18(16(17)26)36-6-2-8(22)14(24)10(34)4-6/h1-4H,33-34H2. The highest BCUT2D eigenvalue weighted by atomic mass is 19.4. The molecular formula is C20H8F12N2O2. The number of rotatable bonds is 4. The number of benzene rings is 3. The Morgan fingerprint density at radius 2 is 0.889 bits per heavy atom. The average molecular weight is 536 g/mol. The summed E-state index contributed by atoms with van der Waals surface area (Å²) in [6, 6.07) is 0.745. The number of nitrogen functional groups attached to an aromatic ring is 2. The fourth-order valence-corrected chi connectivity index (χ4v) is 2.89. The zero-order valence-electron chi connectivity index (χ0n) is 16.8. The van der Waals surface area contributed by atoms with Gasteiger partial charge in [-0.15, -0.1) is 0 Å². The van der Waals surface area contributed by atoms with Crippen LogP contribution in [0.4, 0.5) is 64.1 Å². The molecule has 0 fully saturated rings. The maximum absolute atomic E-state index is 15.1. The molecule has 0 amide bonds. The monoisotopic (exact) mass is 536 g/mol. The number of ether oxygens (including phenoxy) is 2. The van der Waals surface area contributed by atoms with Crippen molar-refractivity contribution < 1.29 is 62.2 Å². The van der Waals surface area contributed by atoms with Gasteiger partial charge in [0.05, 0.1) is 11.4 Å². The molecule has 4 N–H and O–H groups in total. The summed E-state index contributed by atoms with van der Waals surface area (Å²) in [6.07, 6.45) is -12.3. The summed E-state index contributed by atoms with van der Waals surface area (Å²) in [5.74, 6) is -19.5. The van der Waals surface area contributed by atoms with Gasteiger partial charge in [-0.2, -0.15) is 30.7 Å². The van der Waals surface area contributed by atoms with E-state index >= 15 is 4.39 Å². The van der Waals surface area contributed by atoms with Crippen LogP contribution in [0.3, 0.4) is 0 Å². The van der Waals surface area contributed by atoms with Crippen LogP contribution in [0.25, 0.3) is 0 Å². The lowest BCUT2D eigenvalue weighted by molar-refractivity contribution is -0.165.